The van der Waals surface area contributed by atoms with Crippen molar-refractivity contribution in [2.75, 3.05) is 19.0 Å². The zero-order chi connectivity index (χ0) is 13.5. The Labute approximate surface area is 112 Å². The summed E-state index contributed by atoms with van der Waals surface area (Å²) in [4.78, 5) is 0. The lowest BCUT2D eigenvalue weighted by molar-refractivity contribution is 0.182. The van der Waals surface area contributed by atoms with Crippen LogP contribution in [0.3, 0.4) is 0 Å². The number of aromatic nitrogens is 4. The number of methoxy groups -OCH3 is 1. The molecular weight excluding hydrogens is 242 g/mol. The summed E-state index contributed by atoms with van der Waals surface area (Å²) < 4.78 is 6.90. The van der Waals surface area contributed by atoms with Gasteiger partial charge in [-0.05, 0) is 29.0 Å². The topological polar surface area (TPSA) is 64.9 Å². The number of benzene rings is 1. The molecule has 0 saturated carbocycles. The van der Waals surface area contributed by atoms with Crippen molar-refractivity contribution >= 4 is 5.95 Å². The molecule has 1 unspecified atom stereocenters. The molecule has 1 aromatic heterocycles. The van der Waals surface area contributed by atoms with Crippen LogP contribution in [0, 0.1) is 0 Å². The maximum Gasteiger partial charge on any atom is 0.248 e. The standard InChI is InChI=1S/C13H19N5O/c1-3-7-11(10-19-2)14-13-15-16-17-18(13)12-8-5-4-6-9-12/h4-6,8-9,11H,3,7,10H2,1-2H3,(H,14,15,17). The van der Waals surface area contributed by atoms with Gasteiger partial charge in [-0.25, -0.2) is 0 Å². The van der Waals surface area contributed by atoms with Crippen molar-refractivity contribution < 1.29 is 4.74 Å². The summed E-state index contributed by atoms with van der Waals surface area (Å²) in [5.41, 5.74) is 0.933. The van der Waals surface area contributed by atoms with Crippen molar-refractivity contribution in [3.63, 3.8) is 0 Å². The first-order valence-corrected chi connectivity index (χ1v) is 6.44. The number of ether oxygens (including phenoxy) is 1. The fourth-order valence-corrected chi connectivity index (χ4v) is 1.95. The second-order valence-corrected chi connectivity index (χ2v) is 4.34. The minimum atomic E-state index is 0.212. The summed E-state index contributed by atoms with van der Waals surface area (Å²) in [7, 11) is 1.70. The molecule has 6 nitrogen and oxygen atoms in total. The van der Waals surface area contributed by atoms with E-state index in [4.69, 9.17) is 4.74 Å². The molecule has 0 aliphatic heterocycles. The van der Waals surface area contributed by atoms with Crippen molar-refractivity contribution in [1.29, 1.82) is 0 Å². The van der Waals surface area contributed by atoms with Gasteiger partial charge in [0.2, 0.25) is 5.95 Å². The van der Waals surface area contributed by atoms with Crippen LogP contribution in [0.15, 0.2) is 30.3 Å². The molecule has 0 spiro atoms. The van der Waals surface area contributed by atoms with Gasteiger partial charge in [-0.2, -0.15) is 4.68 Å². The molecule has 0 aliphatic rings. The quantitative estimate of drug-likeness (QED) is 0.824. The Kier molecular flexibility index (Phi) is 4.85. The molecule has 1 aromatic carbocycles. The number of nitrogens with one attached hydrogen (secondary N) is 1. The summed E-state index contributed by atoms with van der Waals surface area (Å²) in [5, 5.41) is 15.1. The predicted octanol–water partition coefficient (Wildman–Crippen LogP) is 1.89. The van der Waals surface area contributed by atoms with Gasteiger partial charge < -0.3 is 10.1 Å². The van der Waals surface area contributed by atoms with E-state index in [2.05, 4.69) is 27.8 Å². The highest BCUT2D eigenvalue weighted by molar-refractivity contribution is 5.38. The first-order chi connectivity index (χ1) is 9.35. The molecule has 6 heteroatoms. The highest BCUT2D eigenvalue weighted by Gasteiger charge is 2.13. The van der Waals surface area contributed by atoms with Crippen molar-refractivity contribution in [3.05, 3.63) is 30.3 Å². The van der Waals surface area contributed by atoms with Gasteiger partial charge >= 0.3 is 0 Å². The molecule has 1 N–H and O–H groups in total. The third kappa shape index (κ3) is 3.51. The van der Waals surface area contributed by atoms with Crippen molar-refractivity contribution in [2.45, 2.75) is 25.8 Å². The molecule has 0 radical (unpaired) electrons. The largest absolute Gasteiger partial charge is 0.383 e. The Morgan fingerprint density at radius 2 is 2.11 bits per heavy atom. The lowest BCUT2D eigenvalue weighted by Gasteiger charge is -2.17. The second-order valence-electron chi connectivity index (χ2n) is 4.34. The number of hydrogen-bond acceptors (Lipinski definition) is 5. The number of hydrogen-bond donors (Lipinski definition) is 1. The van der Waals surface area contributed by atoms with Crippen LogP contribution in [-0.2, 0) is 4.74 Å². The molecule has 0 aliphatic carbocycles. The maximum absolute atomic E-state index is 5.21. The van der Waals surface area contributed by atoms with E-state index < -0.39 is 0 Å². The highest BCUT2D eigenvalue weighted by Crippen LogP contribution is 2.13. The minimum absolute atomic E-state index is 0.212. The zero-order valence-electron chi connectivity index (χ0n) is 11.3. The Bertz CT molecular complexity index is 479. The average molecular weight is 261 g/mol. The van der Waals surface area contributed by atoms with E-state index in [1.165, 1.54) is 0 Å². The van der Waals surface area contributed by atoms with Crippen LogP contribution in [0.5, 0.6) is 0 Å². The highest BCUT2D eigenvalue weighted by atomic mass is 16.5. The van der Waals surface area contributed by atoms with Crippen LogP contribution in [0.1, 0.15) is 19.8 Å². The second kappa shape index (κ2) is 6.84. The fourth-order valence-electron chi connectivity index (χ4n) is 1.95. The maximum atomic E-state index is 5.21. The van der Waals surface area contributed by atoms with E-state index in [1.54, 1.807) is 11.8 Å². The van der Waals surface area contributed by atoms with Crippen LogP contribution >= 0.6 is 0 Å². The minimum Gasteiger partial charge on any atom is -0.383 e. The van der Waals surface area contributed by atoms with E-state index in [0.717, 1.165) is 18.5 Å². The van der Waals surface area contributed by atoms with E-state index in [-0.39, 0.29) is 6.04 Å². The number of rotatable bonds is 7. The number of tetrazole rings is 1. The molecule has 0 fully saturated rings. The summed E-state index contributed by atoms with van der Waals surface area (Å²) >= 11 is 0. The molecule has 19 heavy (non-hydrogen) atoms. The molecule has 2 rings (SSSR count). The Morgan fingerprint density at radius 1 is 1.32 bits per heavy atom. The summed E-state index contributed by atoms with van der Waals surface area (Å²) in [6.45, 7) is 2.78. The molecule has 1 atom stereocenters. The lowest BCUT2D eigenvalue weighted by Crippen LogP contribution is -2.26. The number of nitrogens with zero attached hydrogens (tertiary/aromatic N) is 4. The van der Waals surface area contributed by atoms with Gasteiger partial charge in [-0.15, -0.1) is 0 Å². The van der Waals surface area contributed by atoms with E-state index in [1.807, 2.05) is 30.3 Å². The summed E-state index contributed by atoms with van der Waals surface area (Å²) in [5.74, 6) is 0.640. The molecule has 102 valence electrons. The van der Waals surface area contributed by atoms with Crippen LogP contribution < -0.4 is 5.32 Å². The number of para-hydroxylation sites is 1. The van der Waals surface area contributed by atoms with Crippen molar-refractivity contribution in [3.8, 4) is 5.69 Å². The van der Waals surface area contributed by atoms with Crippen LogP contribution in [0.25, 0.3) is 5.69 Å². The van der Waals surface area contributed by atoms with Gasteiger partial charge in [0.05, 0.1) is 18.3 Å². The normalized spacial score (nSPS) is 12.3. The molecule has 0 amide bonds. The first kappa shape index (κ1) is 13.5. The molecular formula is C13H19N5O. The van der Waals surface area contributed by atoms with E-state index in [9.17, 15) is 0 Å². The van der Waals surface area contributed by atoms with Crippen molar-refractivity contribution in [1.82, 2.24) is 20.2 Å². The zero-order valence-corrected chi connectivity index (χ0v) is 11.3. The van der Waals surface area contributed by atoms with E-state index in [0.29, 0.717) is 12.6 Å². The van der Waals surface area contributed by atoms with Gasteiger partial charge in [-0.3, -0.25) is 0 Å². The molecule has 0 bridgehead atoms. The van der Waals surface area contributed by atoms with Gasteiger partial charge in [0.25, 0.3) is 0 Å². The monoisotopic (exact) mass is 261 g/mol. The van der Waals surface area contributed by atoms with Gasteiger partial charge in [0.15, 0.2) is 0 Å². The average Bonchev–Trinajstić information content (AvgIpc) is 2.88. The van der Waals surface area contributed by atoms with Gasteiger partial charge in [0, 0.05) is 7.11 Å². The fraction of sp³-hybridized carbons (Fsp3) is 0.462. The van der Waals surface area contributed by atoms with Crippen LogP contribution in [0.2, 0.25) is 0 Å². The third-order valence-corrected chi connectivity index (χ3v) is 2.81. The molecule has 1 heterocycles. The Hall–Kier alpha value is -1.95. The van der Waals surface area contributed by atoms with Gasteiger partial charge in [0.1, 0.15) is 0 Å². The SMILES string of the molecule is CCCC(COC)Nc1nnnn1-c1ccccc1. The van der Waals surface area contributed by atoms with Gasteiger partial charge in [-0.1, -0.05) is 36.6 Å². The Balaban J connectivity index is 2.15. The lowest BCUT2D eigenvalue weighted by atomic mass is 10.2. The smallest absolute Gasteiger partial charge is 0.248 e. The first-order valence-electron chi connectivity index (χ1n) is 6.44. The molecule has 2 aromatic rings. The van der Waals surface area contributed by atoms with Crippen molar-refractivity contribution in [2.24, 2.45) is 0 Å². The molecule has 0 saturated heterocycles. The Morgan fingerprint density at radius 3 is 2.79 bits per heavy atom. The predicted molar refractivity (Wildman–Crippen MR) is 73.3 cm³/mol. The third-order valence-electron chi connectivity index (χ3n) is 2.81. The number of anilines is 1. The summed E-state index contributed by atoms with van der Waals surface area (Å²) in [6, 6.07) is 10.0. The van der Waals surface area contributed by atoms with E-state index >= 15 is 0 Å². The van der Waals surface area contributed by atoms with Crippen LogP contribution in [-0.4, -0.2) is 40.0 Å². The van der Waals surface area contributed by atoms with Crippen LogP contribution in [0.4, 0.5) is 5.95 Å². The summed E-state index contributed by atoms with van der Waals surface area (Å²) in [6.07, 6.45) is 2.09.